The van der Waals surface area contributed by atoms with Gasteiger partial charge in [-0.25, -0.2) is 12.4 Å². The SMILES string of the molecule is Cc1ccc(S(=O)(=O)n2ccc(C(=O)N3CC(C(=O)O)CCC3C)c2)cc1. The van der Waals surface area contributed by atoms with E-state index in [4.69, 9.17) is 0 Å². The molecule has 1 fully saturated rings. The number of hydrogen-bond donors (Lipinski definition) is 1. The number of carboxylic acids is 1. The van der Waals surface area contributed by atoms with Crippen LogP contribution in [0, 0.1) is 12.8 Å². The highest BCUT2D eigenvalue weighted by Crippen LogP contribution is 2.24. The minimum absolute atomic E-state index is 0.0924. The molecule has 8 heteroatoms. The molecule has 2 atom stereocenters. The van der Waals surface area contributed by atoms with Crippen LogP contribution in [0.25, 0.3) is 0 Å². The summed E-state index contributed by atoms with van der Waals surface area (Å²) in [5, 5.41) is 9.23. The number of benzene rings is 1. The normalized spacial score (nSPS) is 20.4. The first-order valence-electron chi connectivity index (χ1n) is 8.74. The van der Waals surface area contributed by atoms with Crippen molar-refractivity contribution in [2.24, 2.45) is 5.92 Å². The van der Waals surface area contributed by atoms with E-state index in [-0.39, 0.29) is 29.0 Å². The lowest BCUT2D eigenvalue weighted by atomic mass is 9.93. The highest BCUT2D eigenvalue weighted by atomic mass is 32.2. The molecule has 0 saturated carbocycles. The number of rotatable bonds is 4. The Morgan fingerprint density at radius 2 is 1.78 bits per heavy atom. The van der Waals surface area contributed by atoms with Crippen molar-refractivity contribution >= 4 is 21.9 Å². The predicted molar refractivity (Wildman–Crippen MR) is 99.1 cm³/mol. The third-order valence-corrected chi connectivity index (χ3v) is 6.65. The van der Waals surface area contributed by atoms with Gasteiger partial charge in [0, 0.05) is 25.0 Å². The number of aromatic nitrogens is 1. The van der Waals surface area contributed by atoms with Crippen molar-refractivity contribution in [2.45, 2.75) is 37.6 Å². The summed E-state index contributed by atoms with van der Waals surface area (Å²) in [7, 11) is -3.79. The van der Waals surface area contributed by atoms with E-state index in [9.17, 15) is 23.1 Å². The second kappa shape index (κ2) is 7.19. The molecule has 0 radical (unpaired) electrons. The van der Waals surface area contributed by atoms with Gasteiger partial charge in [0.2, 0.25) is 0 Å². The molecule has 1 N–H and O–H groups in total. The van der Waals surface area contributed by atoms with Crippen molar-refractivity contribution in [3.63, 3.8) is 0 Å². The molecule has 0 spiro atoms. The molecular formula is C19H22N2O5S. The van der Waals surface area contributed by atoms with Crippen molar-refractivity contribution < 1.29 is 23.1 Å². The molecule has 1 aliphatic rings. The summed E-state index contributed by atoms with van der Waals surface area (Å²) in [6, 6.07) is 7.83. The third kappa shape index (κ3) is 3.75. The Hall–Kier alpha value is -2.61. The van der Waals surface area contributed by atoms with Gasteiger partial charge in [-0.05, 0) is 44.9 Å². The van der Waals surface area contributed by atoms with E-state index in [0.717, 1.165) is 9.54 Å². The Bertz CT molecular complexity index is 962. The summed E-state index contributed by atoms with van der Waals surface area (Å²) in [5.41, 5.74) is 1.17. The van der Waals surface area contributed by atoms with Crippen LogP contribution in [-0.2, 0) is 14.8 Å². The lowest BCUT2D eigenvalue weighted by molar-refractivity contribution is -0.143. The fourth-order valence-corrected chi connectivity index (χ4v) is 4.44. The number of likely N-dealkylation sites (tertiary alicyclic amines) is 1. The molecular weight excluding hydrogens is 368 g/mol. The summed E-state index contributed by atoms with van der Waals surface area (Å²) in [5.74, 6) is -1.87. The number of piperidine rings is 1. The maximum atomic E-state index is 12.8. The zero-order valence-electron chi connectivity index (χ0n) is 15.2. The van der Waals surface area contributed by atoms with Crippen LogP contribution in [0.3, 0.4) is 0 Å². The summed E-state index contributed by atoms with van der Waals surface area (Å²) >= 11 is 0. The maximum Gasteiger partial charge on any atom is 0.308 e. The Labute approximate surface area is 158 Å². The number of aryl methyl sites for hydroxylation is 1. The van der Waals surface area contributed by atoms with Crippen LogP contribution in [-0.4, -0.2) is 46.9 Å². The molecule has 2 aromatic rings. The molecule has 1 aromatic heterocycles. The number of carbonyl (C=O) groups excluding carboxylic acids is 1. The molecule has 1 aromatic carbocycles. The van der Waals surface area contributed by atoms with Crippen molar-refractivity contribution in [3.8, 4) is 0 Å². The van der Waals surface area contributed by atoms with Gasteiger partial charge in [0.1, 0.15) is 0 Å². The van der Waals surface area contributed by atoms with Crippen LogP contribution in [0.4, 0.5) is 0 Å². The van der Waals surface area contributed by atoms with E-state index in [0.29, 0.717) is 12.8 Å². The van der Waals surface area contributed by atoms with E-state index < -0.39 is 21.9 Å². The minimum Gasteiger partial charge on any atom is -0.481 e. The largest absolute Gasteiger partial charge is 0.481 e. The monoisotopic (exact) mass is 390 g/mol. The van der Waals surface area contributed by atoms with Crippen LogP contribution in [0.1, 0.15) is 35.7 Å². The molecule has 0 bridgehead atoms. The average molecular weight is 390 g/mol. The van der Waals surface area contributed by atoms with Gasteiger partial charge in [0.15, 0.2) is 0 Å². The first kappa shape index (κ1) is 19.2. The van der Waals surface area contributed by atoms with E-state index >= 15 is 0 Å². The van der Waals surface area contributed by atoms with Crippen LogP contribution >= 0.6 is 0 Å². The van der Waals surface area contributed by atoms with Crippen molar-refractivity contribution in [3.05, 3.63) is 53.9 Å². The molecule has 1 aliphatic heterocycles. The number of hydrogen-bond acceptors (Lipinski definition) is 4. The van der Waals surface area contributed by atoms with E-state index in [1.807, 2.05) is 13.8 Å². The Morgan fingerprint density at radius 1 is 1.11 bits per heavy atom. The highest BCUT2D eigenvalue weighted by molar-refractivity contribution is 7.90. The smallest absolute Gasteiger partial charge is 0.308 e. The molecule has 0 aliphatic carbocycles. The van der Waals surface area contributed by atoms with E-state index in [1.54, 1.807) is 12.1 Å². The summed E-state index contributed by atoms with van der Waals surface area (Å²) in [4.78, 5) is 25.7. The second-order valence-corrected chi connectivity index (χ2v) is 8.81. The molecule has 144 valence electrons. The molecule has 2 unspecified atom stereocenters. The van der Waals surface area contributed by atoms with E-state index in [1.165, 1.54) is 35.5 Å². The van der Waals surface area contributed by atoms with Crippen LogP contribution in [0.2, 0.25) is 0 Å². The molecule has 1 amide bonds. The Balaban J connectivity index is 1.85. The van der Waals surface area contributed by atoms with Gasteiger partial charge in [0.25, 0.3) is 15.9 Å². The molecule has 1 saturated heterocycles. The fourth-order valence-electron chi connectivity index (χ4n) is 3.24. The van der Waals surface area contributed by atoms with Gasteiger partial charge in [-0.3, -0.25) is 9.59 Å². The molecule has 27 heavy (non-hydrogen) atoms. The van der Waals surface area contributed by atoms with Gasteiger partial charge in [0.05, 0.1) is 16.4 Å². The number of carbonyl (C=O) groups is 2. The van der Waals surface area contributed by atoms with Gasteiger partial charge in [-0.1, -0.05) is 17.7 Å². The zero-order chi connectivity index (χ0) is 19.8. The minimum atomic E-state index is -3.79. The van der Waals surface area contributed by atoms with Gasteiger partial charge in [-0.15, -0.1) is 0 Å². The first-order valence-corrected chi connectivity index (χ1v) is 10.2. The second-order valence-electron chi connectivity index (χ2n) is 6.97. The molecule has 2 heterocycles. The van der Waals surface area contributed by atoms with Crippen molar-refractivity contribution in [1.29, 1.82) is 0 Å². The Morgan fingerprint density at radius 3 is 2.41 bits per heavy atom. The highest BCUT2D eigenvalue weighted by Gasteiger charge is 2.33. The Kier molecular flexibility index (Phi) is 5.10. The zero-order valence-corrected chi connectivity index (χ0v) is 16.0. The standard InChI is InChI=1S/C19H22N2O5S/c1-13-3-7-17(8-4-13)27(25,26)20-10-9-15(11-20)18(22)21-12-16(19(23)24)6-5-14(21)2/h3-4,7-11,14,16H,5-6,12H2,1-2H3,(H,23,24). The first-order chi connectivity index (χ1) is 12.7. The average Bonchev–Trinajstić information content (AvgIpc) is 3.12. The number of aliphatic carboxylic acids is 1. The summed E-state index contributed by atoms with van der Waals surface area (Å²) < 4.78 is 26.5. The lowest BCUT2D eigenvalue weighted by Gasteiger charge is -2.36. The van der Waals surface area contributed by atoms with Crippen molar-refractivity contribution in [2.75, 3.05) is 6.54 Å². The number of nitrogens with zero attached hydrogens (tertiary/aromatic N) is 2. The van der Waals surface area contributed by atoms with Crippen LogP contribution < -0.4 is 0 Å². The van der Waals surface area contributed by atoms with Crippen LogP contribution in [0.15, 0.2) is 47.6 Å². The van der Waals surface area contributed by atoms with Gasteiger partial charge < -0.3 is 10.0 Å². The molecule has 7 nitrogen and oxygen atoms in total. The van der Waals surface area contributed by atoms with Gasteiger partial charge >= 0.3 is 5.97 Å². The van der Waals surface area contributed by atoms with Gasteiger partial charge in [-0.2, -0.15) is 0 Å². The lowest BCUT2D eigenvalue weighted by Crippen LogP contribution is -2.47. The van der Waals surface area contributed by atoms with Crippen LogP contribution in [0.5, 0.6) is 0 Å². The predicted octanol–water partition coefficient (Wildman–Crippen LogP) is 2.36. The quantitative estimate of drug-likeness (QED) is 0.864. The summed E-state index contributed by atoms with van der Waals surface area (Å²) in [6.07, 6.45) is 3.76. The third-order valence-electron chi connectivity index (χ3n) is 5.00. The topological polar surface area (TPSA) is 96.7 Å². The maximum absolute atomic E-state index is 12.8. The fraction of sp³-hybridized carbons (Fsp3) is 0.368. The van der Waals surface area contributed by atoms with Crippen molar-refractivity contribution in [1.82, 2.24) is 8.87 Å². The van der Waals surface area contributed by atoms with E-state index in [2.05, 4.69) is 0 Å². The molecule has 3 rings (SSSR count). The summed E-state index contributed by atoms with van der Waals surface area (Å²) in [6.45, 7) is 3.87. The number of carboxylic acid groups (broad SMARTS) is 1. The number of amides is 1.